The molecule has 1 atom stereocenters. The first-order valence-corrected chi connectivity index (χ1v) is 7.16. The molecule has 0 aliphatic heterocycles. The van der Waals surface area contributed by atoms with Crippen LogP contribution in [0, 0.1) is 13.3 Å². The lowest BCUT2D eigenvalue weighted by molar-refractivity contribution is 0.0573. The molecular weight excluding hydrogens is 196 g/mol. The lowest BCUT2D eigenvalue weighted by Crippen LogP contribution is -2.08. The Hall–Kier alpha value is -0.0400. The van der Waals surface area contributed by atoms with Gasteiger partial charge in [-0.05, 0) is 32.1 Å². The zero-order valence-corrected chi connectivity index (χ0v) is 10.8. The quantitative estimate of drug-likeness (QED) is 0.488. The number of ether oxygens (including phenoxy) is 1. The van der Waals surface area contributed by atoms with Gasteiger partial charge in [-0.2, -0.15) is 0 Å². The second-order valence-corrected chi connectivity index (χ2v) is 4.92. The summed E-state index contributed by atoms with van der Waals surface area (Å²) in [6.45, 7) is 4.85. The molecule has 0 N–H and O–H groups in total. The van der Waals surface area contributed by atoms with Crippen LogP contribution in [0.2, 0.25) is 0 Å². The van der Waals surface area contributed by atoms with E-state index in [-0.39, 0.29) is 0 Å². The molecule has 1 unspecified atom stereocenters. The molecule has 1 fully saturated rings. The Kier molecular flexibility index (Phi) is 8.88. The van der Waals surface area contributed by atoms with Crippen LogP contribution in [0.3, 0.4) is 0 Å². The first-order valence-electron chi connectivity index (χ1n) is 7.16. The Morgan fingerprint density at radius 1 is 1.00 bits per heavy atom. The summed E-state index contributed by atoms with van der Waals surface area (Å²) in [6, 6.07) is 0. The molecule has 0 saturated heterocycles. The molecule has 0 aromatic rings. The summed E-state index contributed by atoms with van der Waals surface area (Å²) in [6.07, 6.45) is 17.2. The maximum absolute atomic E-state index is 5.81. The minimum atomic E-state index is 0.553. The van der Waals surface area contributed by atoms with Gasteiger partial charge < -0.3 is 4.74 Å². The number of unbranched alkanes of at least 4 members (excludes halogenated alkanes) is 7. The number of hydrogen-bond acceptors (Lipinski definition) is 1. The number of hydrogen-bond donors (Lipinski definition) is 0. The molecule has 2 radical (unpaired) electrons. The minimum Gasteiger partial charge on any atom is -0.378 e. The zero-order chi connectivity index (χ0) is 11.5. The monoisotopic (exact) mass is 224 g/mol. The third-order valence-corrected chi connectivity index (χ3v) is 3.37. The van der Waals surface area contributed by atoms with Crippen LogP contribution in [0.5, 0.6) is 0 Å². The van der Waals surface area contributed by atoms with Gasteiger partial charge in [-0.1, -0.05) is 51.9 Å². The molecular formula is C15H28O. The summed E-state index contributed by atoms with van der Waals surface area (Å²) < 4.78 is 5.81. The first kappa shape index (κ1) is 14.0. The van der Waals surface area contributed by atoms with Gasteiger partial charge in [0.25, 0.3) is 0 Å². The molecule has 1 heteroatoms. The fraction of sp³-hybridized carbons (Fsp3) is 0.867. The van der Waals surface area contributed by atoms with Gasteiger partial charge in [-0.3, -0.25) is 0 Å². The Morgan fingerprint density at radius 2 is 1.69 bits per heavy atom. The smallest absolute Gasteiger partial charge is 0.0578 e. The van der Waals surface area contributed by atoms with Crippen molar-refractivity contribution in [2.75, 3.05) is 6.61 Å². The molecule has 1 nitrogen and oxygen atoms in total. The van der Waals surface area contributed by atoms with E-state index in [0.717, 1.165) is 13.0 Å². The first-order chi connectivity index (χ1) is 7.93. The highest BCUT2D eigenvalue weighted by molar-refractivity contribution is 4.80. The molecule has 0 aromatic carbocycles. The van der Waals surface area contributed by atoms with Gasteiger partial charge >= 0.3 is 0 Å². The average molecular weight is 224 g/mol. The lowest BCUT2D eigenvalue weighted by atomic mass is 10.1. The molecule has 1 saturated carbocycles. The second-order valence-electron chi connectivity index (χ2n) is 4.92. The minimum absolute atomic E-state index is 0.553. The molecule has 16 heavy (non-hydrogen) atoms. The fourth-order valence-electron chi connectivity index (χ4n) is 2.29. The van der Waals surface area contributed by atoms with E-state index in [1.54, 1.807) is 0 Å². The predicted molar refractivity (Wildman–Crippen MR) is 70.2 cm³/mol. The van der Waals surface area contributed by atoms with Gasteiger partial charge in [0, 0.05) is 6.61 Å². The SMILES string of the molecule is [CH2]CCCCCCCCCOC1C[CH]CC1. The van der Waals surface area contributed by atoms with Crippen molar-refractivity contribution in [3.8, 4) is 0 Å². The largest absolute Gasteiger partial charge is 0.378 e. The van der Waals surface area contributed by atoms with E-state index < -0.39 is 0 Å². The van der Waals surface area contributed by atoms with Crippen LogP contribution in [-0.2, 0) is 4.74 Å². The Bertz CT molecular complexity index is 138. The lowest BCUT2D eigenvalue weighted by Gasteiger charge is -2.10. The summed E-state index contributed by atoms with van der Waals surface area (Å²) in [4.78, 5) is 0. The summed E-state index contributed by atoms with van der Waals surface area (Å²) in [7, 11) is 0. The molecule has 0 heterocycles. The summed E-state index contributed by atoms with van der Waals surface area (Å²) in [5.41, 5.74) is 0. The Balaban J connectivity index is 1.71. The van der Waals surface area contributed by atoms with Crippen LogP contribution in [0.15, 0.2) is 0 Å². The van der Waals surface area contributed by atoms with Gasteiger partial charge in [0.05, 0.1) is 6.10 Å². The van der Waals surface area contributed by atoms with Crippen molar-refractivity contribution in [3.05, 3.63) is 13.3 Å². The van der Waals surface area contributed by atoms with Crippen LogP contribution in [0.4, 0.5) is 0 Å². The normalized spacial score (nSPS) is 17.1. The van der Waals surface area contributed by atoms with E-state index in [9.17, 15) is 0 Å². The second kappa shape index (κ2) is 10.1. The number of rotatable bonds is 10. The van der Waals surface area contributed by atoms with Crippen molar-refractivity contribution < 1.29 is 4.74 Å². The Labute approximate surface area is 102 Å². The van der Waals surface area contributed by atoms with Gasteiger partial charge in [0.1, 0.15) is 0 Å². The molecule has 94 valence electrons. The predicted octanol–water partition coefficient (Wildman–Crippen LogP) is 4.71. The zero-order valence-electron chi connectivity index (χ0n) is 10.8. The molecule has 0 amide bonds. The average Bonchev–Trinajstić information content (AvgIpc) is 2.80. The van der Waals surface area contributed by atoms with Gasteiger partial charge in [-0.15, -0.1) is 0 Å². The summed E-state index contributed by atoms with van der Waals surface area (Å²) in [5.74, 6) is 0. The van der Waals surface area contributed by atoms with E-state index >= 15 is 0 Å². The topological polar surface area (TPSA) is 9.23 Å². The highest BCUT2D eigenvalue weighted by Gasteiger charge is 2.14. The van der Waals surface area contributed by atoms with Gasteiger partial charge in [0.15, 0.2) is 0 Å². The fourth-order valence-corrected chi connectivity index (χ4v) is 2.29. The van der Waals surface area contributed by atoms with Crippen LogP contribution >= 0.6 is 0 Å². The summed E-state index contributed by atoms with van der Waals surface area (Å²) in [5, 5.41) is 0. The maximum atomic E-state index is 5.81. The van der Waals surface area contributed by atoms with Crippen LogP contribution in [-0.4, -0.2) is 12.7 Å². The molecule has 1 aliphatic carbocycles. The van der Waals surface area contributed by atoms with E-state index in [1.165, 1.54) is 64.2 Å². The highest BCUT2D eigenvalue weighted by atomic mass is 16.5. The molecule has 1 rings (SSSR count). The van der Waals surface area contributed by atoms with Crippen molar-refractivity contribution in [2.24, 2.45) is 0 Å². The van der Waals surface area contributed by atoms with Crippen molar-refractivity contribution in [3.63, 3.8) is 0 Å². The molecule has 0 aromatic heterocycles. The van der Waals surface area contributed by atoms with Crippen molar-refractivity contribution >= 4 is 0 Å². The van der Waals surface area contributed by atoms with E-state index in [2.05, 4.69) is 13.3 Å². The maximum Gasteiger partial charge on any atom is 0.0578 e. The highest BCUT2D eigenvalue weighted by Crippen LogP contribution is 2.20. The van der Waals surface area contributed by atoms with Crippen molar-refractivity contribution in [1.29, 1.82) is 0 Å². The van der Waals surface area contributed by atoms with Gasteiger partial charge in [0.2, 0.25) is 0 Å². The van der Waals surface area contributed by atoms with Gasteiger partial charge in [-0.25, -0.2) is 0 Å². The molecule has 1 aliphatic rings. The molecule has 0 spiro atoms. The van der Waals surface area contributed by atoms with Crippen LogP contribution in [0.25, 0.3) is 0 Å². The molecule has 0 bridgehead atoms. The van der Waals surface area contributed by atoms with E-state index in [1.807, 2.05) is 0 Å². The van der Waals surface area contributed by atoms with Crippen molar-refractivity contribution in [1.82, 2.24) is 0 Å². The Morgan fingerprint density at radius 3 is 2.31 bits per heavy atom. The van der Waals surface area contributed by atoms with Crippen molar-refractivity contribution in [2.45, 2.75) is 76.7 Å². The summed E-state index contributed by atoms with van der Waals surface area (Å²) >= 11 is 0. The van der Waals surface area contributed by atoms with Crippen LogP contribution in [0.1, 0.15) is 70.6 Å². The third-order valence-electron chi connectivity index (χ3n) is 3.37. The van der Waals surface area contributed by atoms with Crippen LogP contribution < -0.4 is 0 Å². The third kappa shape index (κ3) is 7.27. The van der Waals surface area contributed by atoms with E-state index in [0.29, 0.717) is 6.10 Å². The standard InChI is InChI=1S/C15H28O/c1-2-3-4-5-6-7-8-11-14-16-15-12-9-10-13-15/h9,15H,1-8,10-14H2. The van der Waals surface area contributed by atoms with E-state index in [4.69, 9.17) is 4.74 Å².